The Balaban J connectivity index is 1.14. The molecule has 0 aromatic heterocycles. The van der Waals surface area contributed by atoms with E-state index in [9.17, 15) is 29.8 Å². The summed E-state index contributed by atoms with van der Waals surface area (Å²) in [6.45, 7) is 3.67. The summed E-state index contributed by atoms with van der Waals surface area (Å²) >= 11 is 0.612. The molecule has 0 fully saturated rings. The predicted molar refractivity (Wildman–Crippen MR) is 222 cm³/mol. The minimum absolute atomic E-state index is 0.00351. The molecule has 0 bridgehead atoms. The number of aryl methyl sites for hydroxylation is 2. The van der Waals surface area contributed by atoms with Crippen molar-refractivity contribution >= 4 is 77.3 Å². The Labute approximate surface area is 349 Å². The highest BCUT2D eigenvalue weighted by atomic mass is 32.2. The predicted octanol–water partition coefficient (Wildman–Crippen LogP) is 10.5. The van der Waals surface area contributed by atoms with Crippen molar-refractivity contribution in [2.24, 2.45) is 20.5 Å². The van der Waals surface area contributed by atoms with E-state index in [0.29, 0.717) is 39.6 Å². The molecule has 6 aromatic carbocycles. The van der Waals surface area contributed by atoms with E-state index in [2.05, 4.69) is 29.8 Å². The van der Waals surface area contributed by atoms with E-state index in [-0.39, 0.29) is 32.5 Å². The fourth-order valence-corrected chi connectivity index (χ4v) is 8.17. The molecule has 0 radical (unpaired) electrons. The summed E-state index contributed by atoms with van der Waals surface area (Å²) < 4.78 is 100. The van der Waals surface area contributed by atoms with Crippen molar-refractivity contribution in [2.75, 3.05) is 0 Å². The van der Waals surface area contributed by atoms with Gasteiger partial charge in [0.25, 0.3) is 10.1 Å². The van der Waals surface area contributed by atoms with Gasteiger partial charge >= 0.3 is 20.2 Å². The van der Waals surface area contributed by atoms with Gasteiger partial charge in [-0.2, -0.15) is 45.7 Å². The lowest BCUT2D eigenvalue weighted by atomic mass is 10.1. The van der Waals surface area contributed by atoms with Crippen molar-refractivity contribution in [3.05, 3.63) is 156 Å². The molecule has 0 saturated carbocycles. The Morgan fingerprint density at radius 3 is 1.37 bits per heavy atom. The molecule has 16 nitrogen and oxygen atoms in total. The lowest BCUT2D eigenvalue weighted by Gasteiger charge is -2.07. The third-order valence-electron chi connectivity index (χ3n) is 8.14. The average Bonchev–Trinajstić information content (AvgIpc) is 3.22. The molecular formula is C40H32N4O12S4. The molecule has 0 aliphatic heterocycles. The Morgan fingerprint density at radius 2 is 0.917 bits per heavy atom. The minimum atomic E-state index is -4.76. The third kappa shape index (κ3) is 11.8. The van der Waals surface area contributed by atoms with Crippen LogP contribution in [0.2, 0.25) is 0 Å². The third-order valence-corrected chi connectivity index (χ3v) is 12.2. The van der Waals surface area contributed by atoms with Gasteiger partial charge in [-0.3, -0.25) is 4.55 Å². The average molecular weight is 889 g/mol. The van der Waals surface area contributed by atoms with Crippen LogP contribution in [0.3, 0.4) is 0 Å². The monoisotopic (exact) mass is 888 g/mol. The first-order chi connectivity index (χ1) is 28.6. The summed E-state index contributed by atoms with van der Waals surface area (Å²) in [6.07, 6.45) is 2.93. The summed E-state index contributed by atoms with van der Waals surface area (Å²) in [5, 5.41) is 29.1. The Hall–Kier alpha value is -6.10. The molecule has 0 aliphatic carbocycles. The smallest absolute Gasteiger partial charge is 0.339 e. The van der Waals surface area contributed by atoms with Crippen LogP contribution in [0, 0.1) is 13.8 Å². The second-order valence-electron chi connectivity index (χ2n) is 12.6. The SMILES string of the molecule is Cc1ccc(S(=O)(=O)Oc2ccc(/N=N/c3ccc(/C=C/c4ccc(/N=N/c5ccc(OS(=O)(=O)c6ccc(C)cc6)cc5)cc4S(=O)(=O)O)c(SOOO)c3)cc2)cc1. The van der Waals surface area contributed by atoms with E-state index in [0.717, 1.165) is 17.2 Å². The molecule has 0 aliphatic rings. The lowest BCUT2D eigenvalue weighted by Crippen LogP contribution is -2.09. The quantitative estimate of drug-likeness (QED) is 0.0175. The maximum Gasteiger partial charge on any atom is 0.339 e. The zero-order chi connectivity index (χ0) is 42.9. The summed E-state index contributed by atoms with van der Waals surface area (Å²) in [7, 11) is -12.9. The van der Waals surface area contributed by atoms with Crippen LogP contribution in [-0.4, -0.2) is 35.1 Å². The van der Waals surface area contributed by atoms with Crippen molar-refractivity contribution in [3.63, 3.8) is 0 Å². The molecule has 0 saturated heterocycles. The number of nitrogens with zero attached hydrogens (tertiary/aromatic N) is 4. The van der Waals surface area contributed by atoms with Gasteiger partial charge in [0.1, 0.15) is 26.2 Å². The van der Waals surface area contributed by atoms with Gasteiger partial charge in [0.2, 0.25) is 0 Å². The van der Waals surface area contributed by atoms with Gasteiger partial charge in [0.05, 0.1) is 34.8 Å². The van der Waals surface area contributed by atoms with Gasteiger partial charge < -0.3 is 8.37 Å². The highest BCUT2D eigenvalue weighted by molar-refractivity contribution is 7.94. The Morgan fingerprint density at radius 1 is 0.517 bits per heavy atom. The Kier molecular flexibility index (Phi) is 13.7. The highest BCUT2D eigenvalue weighted by Gasteiger charge is 2.18. The fourth-order valence-electron chi connectivity index (χ4n) is 5.10. The van der Waals surface area contributed by atoms with Gasteiger partial charge in [-0.05, 0) is 122 Å². The van der Waals surface area contributed by atoms with Gasteiger partial charge in [-0.15, -0.1) is 4.33 Å². The topological polar surface area (TPSA) is 229 Å². The first-order valence-electron chi connectivity index (χ1n) is 17.2. The van der Waals surface area contributed by atoms with Crippen molar-refractivity contribution in [1.29, 1.82) is 0 Å². The lowest BCUT2D eigenvalue weighted by molar-refractivity contribution is -0.432. The van der Waals surface area contributed by atoms with Gasteiger partial charge in [0, 0.05) is 4.90 Å². The van der Waals surface area contributed by atoms with Gasteiger partial charge in [-0.1, -0.05) is 64.7 Å². The zero-order valence-electron chi connectivity index (χ0n) is 31.3. The van der Waals surface area contributed by atoms with Crippen LogP contribution in [-0.2, 0) is 39.7 Å². The normalized spacial score (nSPS) is 12.4. The van der Waals surface area contributed by atoms with Crippen molar-refractivity contribution in [2.45, 2.75) is 33.4 Å². The van der Waals surface area contributed by atoms with Crippen molar-refractivity contribution in [3.8, 4) is 11.5 Å². The molecule has 0 unspecified atom stereocenters. The summed E-state index contributed by atoms with van der Waals surface area (Å²) in [6, 6.07) is 32.7. The standard InChI is InChI=1S/C40H32N4O12S4/c1-27-3-21-37(22-4-27)59(49,50)53-35-17-13-31(14-18-35)41-43-33-11-9-29(39(25-33)57-56-55-45)7-8-30-10-12-34(26-40(30)58(46,47)48)44-42-32-15-19-36(20-16-32)54-60(51,52)38-23-5-28(2)6-24-38/h3-26,45H,1-2H3,(H,46,47,48)/b8-7+,43-41+,44-42+. The van der Waals surface area contributed by atoms with Crippen LogP contribution in [0.15, 0.2) is 173 Å². The van der Waals surface area contributed by atoms with Crippen molar-refractivity contribution < 1.29 is 52.8 Å². The minimum Gasteiger partial charge on any atom is -0.379 e. The summed E-state index contributed by atoms with van der Waals surface area (Å²) in [4.78, 5) is -0.111. The first kappa shape index (κ1) is 43.5. The van der Waals surface area contributed by atoms with E-state index >= 15 is 0 Å². The number of hydrogen-bond acceptors (Lipinski definition) is 16. The maximum absolute atomic E-state index is 12.6. The molecule has 0 heterocycles. The van der Waals surface area contributed by atoms with Gasteiger partial charge in [0.15, 0.2) is 0 Å². The number of benzene rings is 6. The number of azo groups is 2. The molecule has 20 heteroatoms. The molecule has 0 spiro atoms. The molecule has 308 valence electrons. The van der Waals surface area contributed by atoms with E-state index in [1.807, 2.05) is 13.8 Å². The second-order valence-corrected chi connectivity index (χ2v) is 17.8. The maximum atomic E-state index is 12.6. The first-order valence-corrected chi connectivity index (χ1v) is 22.2. The van der Waals surface area contributed by atoms with Crippen molar-refractivity contribution in [1.82, 2.24) is 0 Å². The summed E-state index contributed by atoms with van der Waals surface area (Å²) in [5.74, 6) is 0.117. The molecule has 2 N–H and O–H groups in total. The number of rotatable bonds is 16. The largest absolute Gasteiger partial charge is 0.379 e. The summed E-state index contributed by atoms with van der Waals surface area (Å²) in [5.41, 5.74) is 3.42. The van der Waals surface area contributed by atoms with Gasteiger partial charge in [-0.25, -0.2) is 5.26 Å². The van der Waals surface area contributed by atoms with E-state index < -0.39 is 35.2 Å². The zero-order valence-corrected chi connectivity index (χ0v) is 34.5. The second kappa shape index (κ2) is 18.9. The van der Waals surface area contributed by atoms with Crippen LogP contribution < -0.4 is 8.37 Å². The van der Waals surface area contributed by atoms with E-state index in [4.69, 9.17) is 13.6 Å². The molecule has 0 atom stereocenters. The fraction of sp³-hybridized carbons (Fsp3) is 0.0500. The number of hydrogen-bond donors (Lipinski definition) is 2. The molecule has 6 rings (SSSR count). The Bertz CT molecular complexity index is 2910. The molecular weight excluding hydrogens is 857 g/mol. The highest BCUT2D eigenvalue weighted by Crippen LogP contribution is 2.33. The van der Waals surface area contributed by atoms with Crippen LogP contribution in [0.5, 0.6) is 11.5 Å². The molecule has 0 amide bonds. The van der Waals surface area contributed by atoms with E-state index in [1.165, 1.54) is 103 Å². The van der Waals surface area contributed by atoms with Crippen LogP contribution in [0.1, 0.15) is 22.3 Å². The molecule has 6 aromatic rings. The van der Waals surface area contributed by atoms with E-state index in [1.54, 1.807) is 36.4 Å². The van der Waals surface area contributed by atoms with Crippen LogP contribution in [0.4, 0.5) is 22.7 Å². The van der Waals surface area contributed by atoms with Crippen LogP contribution in [0.25, 0.3) is 12.2 Å². The van der Waals surface area contributed by atoms with Crippen LogP contribution >= 0.6 is 12.0 Å². The molecule has 60 heavy (non-hydrogen) atoms.